The number of benzene rings is 1. The third kappa shape index (κ3) is 3.96. The fourth-order valence-corrected chi connectivity index (χ4v) is 4.94. The maximum atomic E-state index is 11.5. The summed E-state index contributed by atoms with van der Waals surface area (Å²) in [5.74, 6) is 0.769. The summed E-state index contributed by atoms with van der Waals surface area (Å²) in [5, 5.41) is 15.7. The standard InChI is InChI=1S/C22H34N2O2/c1-21-12-10-19(18-8-5-4-6-9-18)16-22(21,25)13-11-20(21)17-23-26-15-7-14-24(2)3/h4-6,8-9,17,19-20,25H,7,10-16H2,1-3H3/t19-,20+,21+,22-/m0/s1. The number of fused-ring (bicyclic) bond motifs is 1. The first kappa shape index (κ1) is 19.4. The van der Waals surface area contributed by atoms with Gasteiger partial charge in [-0.3, -0.25) is 0 Å². The van der Waals surface area contributed by atoms with Crippen LogP contribution in [0.5, 0.6) is 0 Å². The molecule has 1 N–H and O–H groups in total. The average Bonchev–Trinajstić information content (AvgIpc) is 2.89. The molecular formula is C22H34N2O2. The summed E-state index contributed by atoms with van der Waals surface area (Å²) >= 11 is 0. The Morgan fingerprint density at radius 2 is 2.00 bits per heavy atom. The molecule has 4 nitrogen and oxygen atoms in total. The summed E-state index contributed by atoms with van der Waals surface area (Å²) in [7, 11) is 4.13. The first-order valence-corrected chi connectivity index (χ1v) is 10.0. The lowest BCUT2D eigenvalue weighted by atomic mass is 9.59. The Morgan fingerprint density at radius 3 is 2.73 bits per heavy atom. The van der Waals surface area contributed by atoms with Crippen molar-refractivity contribution in [2.75, 3.05) is 27.2 Å². The van der Waals surface area contributed by atoms with Crippen LogP contribution < -0.4 is 0 Å². The molecule has 144 valence electrons. The largest absolute Gasteiger partial charge is 0.396 e. The van der Waals surface area contributed by atoms with Gasteiger partial charge in [0.05, 0.1) is 5.60 Å². The molecule has 1 aromatic rings. The SMILES string of the molecule is CN(C)CCCON=C[C@H]1CC[C@]2(O)C[C@@H](c3ccccc3)CC[C@]12C. The van der Waals surface area contributed by atoms with E-state index in [1.807, 2.05) is 6.21 Å². The van der Waals surface area contributed by atoms with Crippen molar-refractivity contribution in [3.63, 3.8) is 0 Å². The molecule has 0 aliphatic heterocycles. The van der Waals surface area contributed by atoms with Gasteiger partial charge in [-0.15, -0.1) is 0 Å². The number of rotatable bonds is 7. The van der Waals surface area contributed by atoms with Crippen LogP contribution in [0.1, 0.15) is 56.9 Å². The van der Waals surface area contributed by atoms with Crippen molar-refractivity contribution in [2.45, 2.75) is 57.0 Å². The van der Waals surface area contributed by atoms with Crippen molar-refractivity contribution < 1.29 is 9.94 Å². The van der Waals surface area contributed by atoms with E-state index in [0.29, 0.717) is 18.4 Å². The molecule has 0 aromatic heterocycles. The highest BCUT2D eigenvalue weighted by molar-refractivity contribution is 5.62. The van der Waals surface area contributed by atoms with Crippen LogP contribution in [0.25, 0.3) is 0 Å². The molecule has 2 aliphatic rings. The summed E-state index contributed by atoms with van der Waals surface area (Å²) in [6.07, 6.45) is 7.85. The molecule has 2 saturated carbocycles. The van der Waals surface area contributed by atoms with Gasteiger partial charge in [-0.1, -0.05) is 42.4 Å². The molecular weight excluding hydrogens is 324 g/mol. The van der Waals surface area contributed by atoms with E-state index in [1.54, 1.807) is 0 Å². The van der Waals surface area contributed by atoms with Gasteiger partial charge in [0.25, 0.3) is 0 Å². The highest BCUT2D eigenvalue weighted by Gasteiger charge is 2.58. The lowest BCUT2D eigenvalue weighted by Gasteiger charge is -2.48. The summed E-state index contributed by atoms with van der Waals surface area (Å²) in [5.41, 5.74) is 0.687. The molecule has 0 unspecified atom stereocenters. The van der Waals surface area contributed by atoms with Crippen LogP contribution in [0.15, 0.2) is 35.5 Å². The molecule has 4 heteroatoms. The van der Waals surface area contributed by atoms with Crippen molar-refractivity contribution in [3.8, 4) is 0 Å². The Kier molecular flexibility index (Phi) is 6.03. The van der Waals surface area contributed by atoms with Crippen molar-refractivity contribution in [3.05, 3.63) is 35.9 Å². The van der Waals surface area contributed by atoms with Gasteiger partial charge in [-0.2, -0.15) is 0 Å². The van der Waals surface area contributed by atoms with E-state index < -0.39 is 5.60 Å². The predicted molar refractivity (Wildman–Crippen MR) is 106 cm³/mol. The smallest absolute Gasteiger partial charge is 0.118 e. The zero-order valence-corrected chi connectivity index (χ0v) is 16.5. The first-order valence-electron chi connectivity index (χ1n) is 10.0. The van der Waals surface area contributed by atoms with Gasteiger partial charge >= 0.3 is 0 Å². The number of oxime groups is 1. The van der Waals surface area contributed by atoms with E-state index >= 15 is 0 Å². The van der Waals surface area contributed by atoms with Crippen LogP contribution in [-0.2, 0) is 4.84 Å². The van der Waals surface area contributed by atoms with E-state index in [2.05, 4.69) is 61.4 Å². The molecule has 0 radical (unpaired) electrons. The number of aliphatic hydroxyl groups is 1. The van der Waals surface area contributed by atoms with Gasteiger partial charge in [0, 0.05) is 24.1 Å². The minimum absolute atomic E-state index is 0.0885. The van der Waals surface area contributed by atoms with Gasteiger partial charge in [-0.05, 0) is 64.1 Å². The van der Waals surface area contributed by atoms with E-state index in [1.165, 1.54) is 5.56 Å². The molecule has 0 amide bonds. The van der Waals surface area contributed by atoms with Gasteiger partial charge < -0.3 is 14.8 Å². The van der Waals surface area contributed by atoms with Crippen LogP contribution >= 0.6 is 0 Å². The molecule has 3 rings (SSSR count). The van der Waals surface area contributed by atoms with Crippen LogP contribution in [0.2, 0.25) is 0 Å². The molecule has 0 heterocycles. The summed E-state index contributed by atoms with van der Waals surface area (Å²) in [6, 6.07) is 10.7. The van der Waals surface area contributed by atoms with Crippen molar-refractivity contribution in [1.82, 2.24) is 4.90 Å². The lowest BCUT2D eigenvalue weighted by molar-refractivity contribution is -0.0959. The van der Waals surface area contributed by atoms with E-state index in [-0.39, 0.29) is 5.41 Å². The second-order valence-electron chi connectivity index (χ2n) is 8.69. The second-order valence-corrected chi connectivity index (χ2v) is 8.69. The number of hydrogen-bond donors (Lipinski definition) is 1. The van der Waals surface area contributed by atoms with E-state index in [0.717, 1.165) is 45.1 Å². The Hall–Kier alpha value is -1.39. The normalized spacial score (nSPS) is 34.3. The molecule has 0 saturated heterocycles. The molecule has 26 heavy (non-hydrogen) atoms. The van der Waals surface area contributed by atoms with Gasteiger partial charge in [-0.25, -0.2) is 0 Å². The molecule has 0 spiro atoms. The van der Waals surface area contributed by atoms with Crippen LogP contribution in [0.4, 0.5) is 0 Å². The zero-order valence-electron chi connectivity index (χ0n) is 16.5. The van der Waals surface area contributed by atoms with E-state index in [9.17, 15) is 5.11 Å². The first-order chi connectivity index (χ1) is 12.4. The van der Waals surface area contributed by atoms with Crippen molar-refractivity contribution >= 4 is 6.21 Å². The summed E-state index contributed by atoms with van der Waals surface area (Å²) in [6.45, 7) is 3.92. The second kappa shape index (κ2) is 8.10. The molecule has 2 aliphatic carbocycles. The monoisotopic (exact) mass is 358 g/mol. The molecule has 2 fully saturated rings. The molecule has 0 bridgehead atoms. The Bertz CT molecular complexity index is 603. The van der Waals surface area contributed by atoms with E-state index in [4.69, 9.17) is 4.84 Å². The topological polar surface area (TPSA) is 45.1 Å². The Balaban J connectivity index is 1.58. The average molecular weight is 359 g/mol. The van der Waals surface area contributed by atoms with Crippen LogP contribution in [-0.4, -0.2) is 49.1 Å². The molecule has 1 aromatic carbocycles. The minimum Gasteiger partial charge on any atom is -0.396 e. The van der Waals surface area contributed by atoms with Crippen LogP contribution in [0, 0.1) is 11.3 Å². The predicted octanol–water partition coefficient (Wildman–Crippen LogP) is 4.06. The minimum atomic E-state index is -0.590. The number of nitrogens with zero attached hydrogens (tertiary/aromatic N) is 2. The van der Waals surface area contributed by atoms with Crippen molar-refractivity contribution in [2.24, 2.45) is 16.5 Å². The van der Waals surface area contributed by atoms with Crippen molar-refractivity contribution in [1.29, 1.82) is 0 Å². The zero-order chi connectivity index (χ0) is 18.6. The maximum absolute atomic E-state index is 11.5. The Morgan fingerprint density at radius 1 is 1.23 bits per heavy atom. The maximum Gasteiger partial charge on any atom is 0.118 e. The fraction of sp³-hybridized carbons (Fsp3) is 0.682. The summed E-state index contributed by atoms with van der Waals surface area (Å²) < 4.78 is 0. The highest BCUT2D eigenvalue weighted by Crippen LogP contribution is 2.60. The van der Waals surface area contributed by atoms with Gasteiger partial charge in [0.2, 0.25) is 0 Å². The Labute approximate surface area is 158 Å². The van der Waals surface area contributed by atoms with Gasteiger partial charge in [0.1, 0.15) is 6.61 Å². The third-order valence-electron chi connectivity index (χ3n) is 6.77. The summed E-state index contributed by atoms with van der Waals surface area (Å²) in [4.78, 5) is 7.60. The highest BCUT2D eigenvalue weighted by atomic mass is 16.6. The number of hydrogen-bond acceptors (Lipinski definition) is 4. The quantitative estimate of drug-likeness (QED) is 0.454. The fourth-order valence-electron chi connectivity index (χ4n) is 4.94. The van der Waals surface area contributed by atoms with Crippen LogP contribution in [0.3, 0.4) is 0 Å². The van der Waals surface area contributed by atoms with Gasteiger partial charge in [0.15, 0.2) is 0 Å². The lowest BCUT2D eigenvalue weighted by Crippen LogP contribution is -2.49. The molecule has 4 atom stereocenters. The third-order valence-corrected chi connectivity index (χ3v) is 6.77.